The Hall–Kier alpha value is -0.640. The van der Waals surface area contributed by atoms with Crippen molar-refractivity contribution < 1.29 is 4.79 Å². The summed E-state index contributed by atoms with van der Waals surface area (Å²) in [6.45, 7) is 4.41. The number of nitrogens with one attached hydrogen (secondary N) is 1. The van der Waals surface area contributed by atoms with Gasteiger partial charge in [0, 0.05) is 5.92 Å². The van der Waals surface area contributed by atoms with Gasteiger partial charge in [0.25, 0.3) is 0 Å². The number of rotatable bonds is 4. The van der Waals surface area contributed by atoms with Gasteiger partial charge in [-0.15, -0.1) is 0 Å². The normalized spacial score (nSPS) is 37.6. The smallest absolute Gasteiger partial charge is 0.224 e. The Kier molecular flexibility index (Phi) is 5.05. The van der Waals surface area contributed by atoms with Crippen LogP contribution in [0.5, 0.6) is 0 Å². The first-order valence-corrected chi connectivity index (χ1v) is 8.51. The van der Waals surface area contributed by atoms with Crippen molar-refractivity contribution in [2.45, 2.75) is 70.8 Å². The maximum atomic E-state index is 12.6. The van der Waals surface area contributed by atoms with Crippen LogP contribution in [0.3, 0.4) is 0 Å². The molecule has 2 atom stereocenters. The fraction of sp³-hybridized carbons (Fsp3) is 0.875. The zero-order valence-corrected chi connectivity index (χ0v) is 13.6. The molecule has 0 aliphatic heterocycles. The molecule has 0 spiro atoms. The van der Waals surface area contributed by atoms with Crippen LogP contribution >= 0.6 is 12.2 Å². The Bertz CT molecular complexity index is 375. The lowest BCUT2D eigenvalue weighted by Gasteiger charge is -2.40. The predicted octanol–water partition coefficient (Wildman–Crippen LogP) is 3.16. The lowest BCUT2D eigenvalue weighted by Crippen LogP contribution is -2.59. The van der Waals surface area contributed by atoms with E-state index in [1.807, 2.05) is 0 Å². The van der Waals surface area contributed by atoms with E-state index in [0.29, 0.717) is 10.9 Å². The molecule has 0 aromatic rings. The first-order valence-electron chi connectivity index (χ1n) is 8.10. The van der Waals surface area contributed by atoms with Gasteiger partial charge < -0.3 is 11.1 Å². The second-order valence-corrected chi connectivity index (χ2v) is 7.24. The van der Waals surface area contributed by atoms with E-state index in [1.54, 1.807) is 0 Å². The van der Waals surface area contributed by atoms with E-state index in [2.05, 4.69) is 19.2 Å². The van der Waals surface area contributed by atoms with Gasteiger partial charge in [0.1, 0.15) is 0 Å². The second-order valence-electron chi connectivity index (χ2n) is 6.80. The summed E-state index contributed by atoms with van der Waals surface area (Å²) in [4.78, 5) is 13.0. The van der Waals surface area contributed by atoms with Gasteiger partial charge in [0.05, 0.1) is 10.5 Å². The van der Waals surface area contributed by atoms with Gasteiger partial charge in [-0.25, -0.2) is 0 Å². The molecule has 4 heteroatoms. The summed E-state index contributed by atoms with van der Waals surface area (Å²) < 4.78 is 0. The van der Waals surface area contributed by atoms with Crippen molar-refractivity contribution in [3.8, 4) is 0 Å². The summed E-state index contributed by atoms with van der Waals surface area (Å²) in [6, 6.07) is 0. The maximum absolute atomic E-state index is 12.6. The number of carbonyl (C=O) groups is 1. The fourth-order valence-corrected chi connectivity index (χ4v) is 4.13. The lowest BCUT2D eigenvalue weighted by atomic mass is 9.75. The van der Waals surface area contributed by atoms with Gasteiger partial charge in [-0.05, 0) is 50.4 Å². The molecule has 0 radical (unpaired) electrons. The number of hydrogen-bond acceptors (Lipinski definition) is 2. The summed E-state index contributed by atoms with van der Waals surface area (Å²) in [7, 11) is 0. The lowest BCUT2D eigenvalue weighted by molar-refractivity contribution is -0.127. The SMILES string of the molecule is CCC1CCC(NC(=O)C2CCCC2C)(C(N)=S)CC1. The largest absolute Gasteiger partial charge is 0.391 e. The van der Waals surface area contributed by atoms with Crippen molar-refractivity contribution in [2.24, 2.45) is 23.5 Å². The van der Waals surface area contributed by atoms with E-state index >= 15 is 0 Å². The highest BCUT2D eigenvalue weighted by atomic mass is 32.1. The van der Waals surface area contributed by atoms with Crippen molar-refractivity contribution in [1.82, 2.24) is 5.32 Å². The quantitative estimate of drug-likeness (QED) is 0.784. The molecule has 3 nitrogen and oxygen atoms in total. The molecule has 0 saturated heterocycles. The summed E-state index contributed by atoms with van der Waals surface area (Å²) in [5.41, 5.74) is 5.57. The monoisotopic (exact) mass is 296 g/mol. The molecule has 2 saturated carbocycles. The number of carbonyl (C=O) groups excluding carboxylic acids is 1. The molecule has 0 bridgehead atoms. The van der Waals surface area contributed by atoms with Crippen molar-refractivity contribution in [1.29, 1.82) is 0 Å². The molecule has 2 unspecified atom stereocenters. The minimum Gasteiger partial charge on any atom is -0.391 e. The van der Waals surface area contributed by atoms with Crippen LogP contribution in [0.25, 0.3) is 0 Å². The number of thiocarbonyl (C=S) groups is 1. The molecule has 20 heavy (non-hydrogen) atoms. The van der Waals surface area contributed by atoms with Crippen molar-refractivity contribution >= 4 is 23.1 Å². The average Bonchev–Trinajstić information content (AvgIpc) is 2.85. The van der Waals surface area contributed by atoms with Gasteiger partial charge in [0.15, 0.2) is 0 Å². The van der Waals surface area contributed by atoms with Gasteiger partial charge >= 0.3 is 0 Å². The van der Waals surface area contributed by atoms with Crippen LogP contribution in [0.1, 0.15) is 65.2 Å². The third kappa shape index (κ3) is 3.16. The van der Waals surface area contributed by atoms with Crippen molar-refractivity contribution in [3.05, 3.63) is 0 Å². The van der Waals surface area contributed by atoms with Crippen molar-refractivity contribution in [3.63, 3.8) is 0 Å². The van der Waals surface area contributed by atoms with Gasteiger partial charge in [-0.3, -0.25) is 4.79 Å². The highest BCUT2D eigenvalue weighted by Crippen LogP contribution is 2.36. The van der Waals surface area contributed by atoms with Gasteiger partial charge in [-0.2, -0.15) is 0 Å². The number of nitrogens with two attached hydrogens (primary N) is 1. The molecular weight excluding hydrogens is 268 g/mol. The summed E-state index contributed by atoms with van der Waals surface area (Å²) in [5.74, 6) is 1.59. The Morgan fingerprint density at radius 2 is 1.95 bits per heavy atom. The third-order valence-electron chi connectivity index (χ3n) is 5.57. The maximum Gasteiger partial charge on any atom is 0.224 e. The van der Waals surface area contributed by atoms with E-state index < -0.39 is 5.54 Å². The topological polar surface area (TPSA) is 55.1 Å². The van der Waals surface area contributed by atoms with Gasteiger partial charge in [0.2, 0.25) is 5.91 Å². The first-order chi connectivity index (χ1) is 9.48. The molecule has 2 aliphatic carbocycles. The predicted molar refractivity (Wildman–Crippen MR) is 86.4 cm³/mol. The fourth-order valence-electron chi connectivity index (χ4n) is 3.88. The zero-order chi connectivity index (χ0) is 14.8. The molecule has 2 rings (SSSR count). The van der Waals surface area contributed by atoms with E-state index in [0.717, 1.165) is 50.9 Å². The second kappa shape index (κ2) is 6.42. The number of amides is 1. The van der Waals surface area contributed by atoms with Crippen molar-refractivity contribution in [2.75, 3.05) is 0 Å². The first kappa shape index (κ1) is 15.7. The van der Waals surface area contributed by atoms with E-state index in [9.17, 15) is 4.79 Å². The average molecular weight is 296 g/mol. The highest BCUT2D eigenvalue weighted by Gasteiger charge is 2.41. The van der Waals surface area contributed by atoms with E-state index in [4.69, 9.17) is 18.0 Å². The van der Waals surface area contributed by atoms with Crippen LogP contribution in [-0.2, 0) is 4.79 Å². The molecule has 3 N–H and O–H groups in total. The summed E-state index contributed by atoms with van der Waals surface area (Å²) in [5, 5.41) is 3.24. The van der Waals surface area contributed by atoms with Crippen LogP contribution in [0.15, 0.2) is 0 Å². The Morgan fingerprint density at radius 1 is 1.30 bits per heavy atom. The minimum absolute atomic E-state index is 0.158. The molecule has 0 aromatic heterocycles. The molecule has 0 aromatic carbocycles. The third-order valence-corrected chi connectivity index (χ3v) is 5.96. The highest BCUT2D eigenvalue weighted by molar-refractivity contribution is 7.80. The van der Waals surface area contributed by atoms with Crippen LogP contribution in [0.4, 0.5) is 0 Å². The van der Waals surface area contributed by atoms with Gasteiger partial charge in [-0.1, -0.05) is 38.9 Å². The van der Waals surface area contributed by atoms with E-state index in [1.165, 1.54) is 6.42 Å². The zero-order valence-electron chi connectivity index (χ0n) is 12.8. The molecule has 114 valence electrons. The summed E-state index contributed by atoms with van der Waals surface area (Å²) >= 11 is 5.29. The number of hydrogen-bond donors (Lipinski definition) is 2. The van der Waals surface area contributed by atoms with Crippen LogP contribution in [0.2, 0.25) is 0 Å². The molecule has 1 amide bonds. The molecule has 2 aliphatic rings. The Balaban J connectivity index is 2.03. The van der Waals surface area contributed by atoms with Crippen LogP contribution in [0, 0.1) is 17.8 Å². The Labute approximate surface area is 128 Å². The van der Waals surface area contributed by atoms with E-state index in [-0.39, 0.29) is 11.8 Å². The van der Waals surface area contributed by atoms with Crippen LogP contribution < -0.4 is 11.1 Å². The van der Waals surface area contributed by atoms with Crippen LogP contribution in [-0.4, -0.2) is 16.4 Å². The molecule has 2 fully saturated rings. The molecule has 0 heterocycles. The standard InChI is InChI=1S/C16H28N2OS/c1-3-12-7-9-16(10-8-12,15(17)20)18-14(19)13-6-4-5-11(13)2/h11-13H,3-10H2,1-2H3,(H2,17,20)(H,18,19). The Morgan fingerprint density at radius 3 is 2.40 bits per heavy atom. The molecular formula is C16H28N2OS. The minimum atomic E-state index is -0.416. The summed E-state index contributed by atoms with van der Waals surface area (Å²) in [6.07, 6.45) is 8.61.